The molecule has 39 heavy (non-hydrogen) atoms. The van der Waals surface area contributed by atoms with Crippen LogP contribution in [-0.2, 0) is 31.3 Å². The molecule has 1 heterocycles. The first kappa shape index (κ1) is 30.7. The number of hydrogen-bond donors (Lipinski definition) is 1. The van der Waals surface area contributed by atoms with Crippen LogP contribution in [0.3, 0.4) is 0 Å². The van der Waals surface area contributed by atoms with Gasteiger partial charge in [-0.2, -0.15) is 23.5 Å². The summed E-state index contributed by atoms with van der Waals surface area (Å²) >= 11 is 3.69. The first-order chi connectivity index (χ1) is 18.9. The third kappa shape index (κ3) is 8.32. The van der Waals surface area contributed by atoms with E-state index in [1.165, 1.54) is 14.2 Å². The second-order valence-electron chi connectivity index (χ2n) is 9.01. The maximum Gasteiger partial charge on any atom is 0.328 e. The number of benzene rings is 2. The Morgan fingerprint density at radius 3 is 2.21 bits per heavy atom. The van der Waals surface area contributed by atoms with Gasteiger partial charge in [0, 0.05) is 18.1 Å². The minimum atomic E-state index is -0.868. The van der Waals surface area contributed by atoms with Crippen LogP contribution in [0.25, 0.3) is 11.1 Å². The van der Waals surface area contributed by atoms with Gasteiger partial charge in [0.05, 0.1) is 26.9 Å². The molecule has 0 unspecified atom stereocenters. The van der Waals surface area contributed by atoms with E-state index < -0.39 is 17.9 Å². The van der Waals surface area contributed by atoms with Gasteiger partial charge in [-0.25, -0.2) is 4.79 Å². The highest BCUT2D eigenvalue weighted by atomic mass is 32.2. The zero-order chi connectivity index (χ0) is 28.2. The van der Waals surface area contributed by atoms with Crippen molar-refractivity contribution in [1.82, 2.24) is 5.32 Å². The average molecular weight is 575 g/mol. The van der Waals surface area contributed by atoms with E-state index in [9.17, 15) is 9.59 Å². The predicted molar refractivity (Wildman–Crippen MR) is 159 cm³/mol. The highest BCUT2D eigenvalue weighted by Crippen LogP contribution is 2.40. The standard InChI is InChI=1S/C29H38N2O6S2/c1-6-38-18-20-16-24(34-2)26(25(17-20)35-3)21-9-7-19(8-10-21)15-23(29(33)36-4)30-28(32)27(31-37-5)22-11-13-39-14-12-22/h7-10,16-17,22-23H,6,11-15,18H2,1-5H3,(H,30,32)/t23-/m0/s1. The molecule has 2 aromatic rings. The Morgan fingerprint density at radius 1 is 1.03 bits per heavy atom. The fraction of sp³-hybridized carbons (Fsp3) is 0.483. The second kappa shape index (κ2) is 15.7. The molecule has 3 rings (SSSR count). The molecule has 1 N–H and O–H groups in total. The summed E-state index contributed by atoms with van der Waals surface area (Å²) < 4.78 is 16.4. The number of esters is 1. The molecule has 1 aliphatic heterocycles. The lowest BCUT2D eigenvalue weighted by Crippen LogP contribution is -2.47. The zero-order valence-corrected chi connectivity index (χ0v) is 24.9. The third-order valence-electron chi connectivity index (χ3n) is 6.54. The molecular weight excluding hydrogens is 536 g/mol. The highest BCUT2D eigenvalue weighted by Gasteiger charge is 2.30. The van der Waals surface area contributed by atoms with E-state index in [1.807, 2.05) is 59.9 Å². The Balaban J connectivity index is 1.81. The van der Waals surface area contributed by atoms with Gasteiger partial charge in [0.1, 0.15) is 30.4 Å². The molecule has 0 saturated carbocycles. The van der Waals surface area contributed by atoms with Crippen molar-refractivity contribution in [1.29, 1.82) is 0 Å². The van der Waals surface area contributed by atoms with Gasteiger partial charge in [0.2, 0.25) is 0 Å². The van der Waals surface area contributed by atoms with Gasteiger partial charge < -0.3 is 24.4 Å². The molecule has 1 amide bonds. The summed E-state index contributed by atoms with van der Waals surface area (Å²) in [5, 5.41) is 6.84. The lowest BCUT2D eigenvalue weighted by atomic mass is 9.95. The molecule has 1 fully saturated rings. The Kier molecular flexibility index (Phi) is 12.3. The van der Waals surface area contributed by atoms with Crippen molar-refractivity contribution in [2.45, 2.75) is 38.0 Å². The molecule has 1 atom stereocenters. The molecule has 1 saturated heterocycles. The number of hydrogen-bond acceptors (Lipinski definition) is 9. The molecule has 0 aromatic heterocycles. The Hall–Kier alpha value is -2.85. The summed E-state index contributed by atoms with van der Waals surface area (Å²) in [6, 6.07) is 11.0. The molecule has 212 valence electrons. The van der Waals surface area contributed by atoms with Crippen LogP contribution >= 0.6 is 23.5 Å². The van der Waals surface area contributed by atoms with Gasteiger partial charge in [-0.1, -0.05) is 36.3 Å². The summed E-state index contributed by atoms with van der Waals surface area (Å²) in [6.45, 7) is 2.13. The minimum Gasteiger partial charge on any atom is -0.496 e. The maximum atomic E-state index is 13.2. The van der Waals surface area contributed by atoms with Crippen LogP contribution in [0.4, 0.5) is 0 Å². The quantitative estimate of drug-likeness (QED) is 0.204. The van der Waals surface area contributed by atoms with Crippen LogP contribution in [0.2, 0.25) is 0 Å². The maximum absolute atomic E-state index is 13.2. The molecular formula is C29H38N2O6S2. The SMILES string of the molecule is CCSCc1cc(OC)c(-c2ccc(C[C@H](NC(=O)C(=NOC)C3CCSCC3)C(=O)OC)cc2)c(OC)c1. The summed E-state index contributed by atoms with van der Waals surface area (Å²) in [5.41, 5.74) is 4.10. The summed E-state index contributed by atoms with van der Waals surface area (Å²) in [4.78, 5) is 30.8. The Bertz CT molecular complexity index is 1110. The molecule has 1 aliphatic rings. The van der Waals surface area contributed by atoms with Gasteiger partial charge in [0.15, 0.2) is 0 Å². The smallest absolute Gasteiger partial charge is 0.328 e. The number of oxime groups is 1. The van der Waals surface area contributed by atoms with Crippen molar-refractivity contribution >= 4 is 41.1 Å². The number of methoxy groups -OCH3 is 3. The number of carbonyl (C=O) groups is 2. The topological polar surface area (TPSA) is 95.5 Å². The number of ether oxygens (including phenoxy) is 3. The molecule has 2 aromatic carbocycles. The summed E-state index contributed by atoms with van der Waals surface area (Å²) in [5.74, 6) is 4.37. The van der Waals surface area contributed by atoms with Crippen molar-refractivity contribution in [2.75, 3.05) is 45.7 Å². The van der Waals surface area contributed by atoms with Crippen molar-refractivity contribution in [2.24, 2.45) is 11.1 Å². The average Bonchev–Trinajstić information content (AvgIpc) is 2.98. The number of nitrogens with zero attached hydrogens (tertiary/aromatic N) is 1. The fourth-order valence-electron chi connectivity index (χ4n) is 4.54. The highest BCUT2D eigenvalue weighted by molar-refractivity contribution is 7.99. The van der Waals surface area contributed by atoms with Crippen LogP contribution < -0.4 is 14.8 Å². The zero-order valence-electron chi connectivity index (χ0n) is 23.3. The Labute approximate surface area is 239 Å². The lowest BCUT2D eigenvalue weighted by molar-refractivity contribution is -0.144. The summed E-state index contributed by atoms with van der Waals surface area (Å²) in [6.07, 6.45) is 1.95. The largest absolute Gasteiger partial charge is 0.496 e. The van der Waals surface area contributed by atoms with Gasteiger partial charge in [-0.3, -0.25) is 4.79 Å². The van der Waals surface area contributed by atoms with E-state index in [1.54, 1.807) is 14.2 Å². The fourth-order valence-corrected chi connectivity index (χ4v) is 6.25. The van der Waals surface area contributed by atoms with Crippen molar-refractivity contribution < 1.29 is 28.6 Å². The van der Waals surface area contributed by atoms with Crippen LogP contribution in [0.15, 0.2) is 41.6 Å². The minimum absolute atomic E-state index is 0.000644. The third-order valence-corrected chi connectivity index (χ3v) is 8.54. The molecule has 8 nitrogen and oxygen atoms in total. The normalized spacial score (nSPS) is 14.8. The van der Waals surface area contributed by atoms with Crippen molar-refractivity contribution in [3.05, 3.63) is 47.5 Å². The first-order valence-corrected chi connectivity index (χ1v) is 15.3. The molecule has 0 bridgehead atoms. The molecule has 0 radical (unpaired) electrons. The number of nitrogens with one attached hydrogen (secondary N) is 1. The van der Waals surface area contributed by atoms with E-state index in [2.05, 4.69) is 17.4 Å². The number of thioether (sulfide) groups is 2. The van der Waals surface area contributed by atoms with E-state index in [0.717, 1.165) is 69.6 Å². The van der Waals surface area contributed by atoms with E-state index in [-0.39, 0.29) is 12.3 Å². The van der Waals surface area contributed by atoms with Crippen molar-refractivity contribution in [3.8, 4) is 22.6 Å². The van der Waals surface area contributed by atoms with E-state index in [4.69, 9.17) is 19.0 Å². The van der Waals surface area contributed by atoms with Gasteiger partial charge in [-0.15, -0.1) is 0 Å². The van der Waals surface area contributed by atoms with Crippen LogP contribution in [0.5, 0.6) is 11.5 Å². The summed E-state index contributed by atoms with van der Waals surface area (Å²) in [7, 11) is 6.04. The van der Waals surface area contributed by atoms with Gasteiger partial charge in [-0.05, 0) is 58.9 Å². The van der Waals surface area contributed by atoms with Crippen LogP contribution in [0, 0.1) is 5.92 Å². The van der Waals surface area contributed by atoms with Crippen molar-refractivity contribution in [3.63, 3.8) is 0 Å². The lowest BCUT2D eigenvalue weighted by Gasteiger charge is -2.23. The van der Waals surface area contributed by atoms with E-state index in [0.29, 0.717) is 5.71 Å². The van der Waals surface area contributed by atoms with Crippen LogP contribution in [-0.4, -0.2) is 69.3 Å². The monoisotopic (exact) mass is 574 g/mol. The predicted octanol–water partition coefficient (Wildman–Crippen LogP) is 4.97. The molecule has 0 aliphatic carbocycles. The molecule has 10 heteroatoms. The van der Waals surface area contributed by atoms with E-state index >= 15 is 0 Å². The van der Waals surface area contributed by atoms with Gasteiger partial charge in [0.25, 0.3) is 5.91 Å². The van der Waals surface area contributed by atoms with Crippen LogP contribution in [0.1, 0.15) is 30.9 Å². The first-order valence-electron chi connectivity index (χ1n) is 12.9. The van der Waals surface area contributed by atoms with Gasteiger partial charge >= 0.3 is 5.97 Å². The number of carbonyl (C=O) groups excluding carboxylic acids is 2. The molecule has 0 spiro atoms. The Morgan fingerprint density at radius 2 is 1.67 bits per heavy atom. The number of rotatable bonds is 13. The number of amides is 1. The second-order valence-corrected chi connectivity index (χ2v) is 11.5.